The molecule has 0 bridgehead atoms. The standard InChI is InChI=1S/C14H21IN2O2/c1-9(2)6-10(8-16)17-14(18)12-5-4-11(19-3)7-13(12)15/h4-5,7,9-10H,6,8,16H2,1-3H3,(H,17,18). The predicted molar refractivity (Wildman–Crippen MR) is 85.5 cm³/mol. The predicted octanol–water partition coefficient (Wildman–Crippen LogP) is 2.40. The van der Waals surface area contributed by atoms with Crippen LogP contribution >= 0.6 is 22.6 Å². The summed E-state index contributed by atoms with van der Waals surface area (Å²) in [5.74, 6) is 1.17. The Morgan fingerprint density at radius 2 is 2.16 bits per heavy atom. The summed E-state index contributed by atoms with van der Waals surface area (Å²) in [5.41, 5.74) is 6.35. The van der Waals surface area contributed by atoms with Crippen molar-refractivity contribution in [1.82, 2.24) is 5.32 Å². The fraction of sp³-hybridized carbons (Fsp3) is 0.500. The van der Waals surface area contributed by atoms with Crippen molar-refractivity contribution in [2.75, 3.05) is 13.7 Å². The van der Waals surface area contributed by atoms with E-state index in [0.29, 0.717) is 18.0 Å². The van der Waals surface area contributed by atoms with Crippen molar-refractivity contribution in [3.8, 4) is 5.75 Å². The van der Waals surface area contributed by atoms with Crippen LogP contribution in [-0.2, 0) is 0 Å². The minimum absolute atomic E-state index is 0.0189. The third kappa shape index (κ3) is 4.99. The second kappa shape index (κ2) is 7.69. The van der Waals surface area contributed by atoms with E-state index in [1.165, 1.54) is 0 Å². The molecular formula is C14H21IN2O2. The second-order valence-electron chi connectivity index (χ2n) is 4.88. The molecule has 0 spiro atoms. The number of methoxy groups -OCH3 is 1. The quantitative estimate of drug-likeness (QED) is 0.750. The molecule has 1 atom stereocenters. The highest BCUT2D eigenvalue weighted by Gasteiger charge is 2.16. The van der Waals surface area contributed by atoms with E-state index in [1.807, 2.05) is 6.07 Å². The molecule has 1 unspecified atom stereocenters. The van der Waals surface area contributed by atoms with Gasteiger partial charge in [0, 0.05) is 16.2 Å². The zero-order valence-corrected chi connectivity index (χ0v) is 13.7. The van der Waals surface area contributed by atoms with E-state index in [-0.39, 0.29) is 11.9 Å². The summed E-state index contributed by atoms with van der Waals surface area (Å²) in [4.78, 5) is 12.2. The van der Waals surface area contributed by atoms with E-state index in [9.17, 15) is 4.79 Å². The topological polar surface area (TPSA) is 64.3 Å². The summed E-state index contributed by atoms with van der Waals surface area (Å²) in [6.07, 6.45) is 0.884. The molecule has 106 valence electrons. The fourth-order valence-corrected chi connectivity index (χ4v) is 2.58. The van der Waals surface area contributed by atoms with Gasteiger partial charge in [-0.3, -0.25) is 4.79 Å². The molecule has 5 heteroatoms. The van der Waals surface area contributed by atoms with Gasteiger partial charge in [-0.25, -0.2) is 0 Å². The van der Waals surface area contributed by atoms with Gasteiger partial charge in [0.2, 0.25) is 0 Å². The van der Waals surface area contributed by atoms with Gasteiger partial charge >= 0.3 is 0 Å². The van der Waals surface area contributed by atoms with Crippen LogP contribution in [0.3, 0.4) is 0 Å². The Hall–Kier alpha value is -0.820. The summed E-state index contributed by atoms with van der Waals surface area (Å²) in [5, 5.41) is 2.98. The first-order valence-electron chi connectivity index (χ1n) is 6.32. The highest BCUT2D eigenvalue weighted by Crippen LogP contribution is 2.19. The molecule has 19 heavy (non-hydrogen) atoms. The maximum atomic E-state index is 12.2. The number of rotatable bonds is 6. The summed E-state index contributed by atoms with van der Waals surface area (Å²) < 4.78 is 6.00. The molecule has 0 aliphatic heterocycles. The summed E-state index contributed by atoms with van der Waals surface area (Å²) >= 11 is 2.14. The van der Waals surface area contributed by atoms with Crippen molar-refractivity contribution >= 4 is 28.5 Å². The summed E-state index contributed by atoms with van der Waals surface area (Å²) in [6.45, 7) is 4.69. The molecule has 3 N–H and O–H groups in total. The molecule has 0 aliphatic carbocycles. The second-order valence-corrected chi connectivity index (χ2v) is 6.04. The highest BCUT2D eigenvalue weighted by molar-refractivity contribution is 14.1. The van der Waals surface area contributed by atoms with E-state index in [1.54, 1.807) is 19.2 Å². The third-order valence-corrected chi connectivity index (χ3v) is 3.69. The average Bonchev–Trinajstić information content (AvgIpc) is 2.36. The Labute approximate surface area is 128 Å². The molecule has 0 saturated carbocycles. The van der Waals surface area contributed by atoms with Crippen LogP contribution in [0.4, 0.5) is 0 Å². The number of ether oxygens (including phenoxy) is 1. The SMILES string of the molecule is COc1ccc(C(=O)NC(CN)CC(C)C)c(I)c1. The summed E-state index contributed by atoms with van der Waals surface area (Å²) in [7, 11) is 1.61. The van der Waals surface area contributed by atoms with Crippen LogP contribution in [0.1, 0.15) is 30.6 Å². The van der Waals surface area contributed by atoms with Crippen LogP contribution in [-0.4, -0.2) is 25.6 Å². The van der Waals surface area contributed by atoms with Gasteiger partial charge in [-0.05, 0) is 53.1 Å². The largest absolute Gasteiger partial charge is 0.497 e. The van der Waals surface area contributed by atoms with Gasteiger partial charge in [0.15, 0.2) is 0 Å². The molecular weight excluding hydrogens is 355 g/mol. The van der Waals surface area contributed by atoms with E-state index in [4.69, 9.17) is 10.5 Å². The van der Waals surface area contributed by atoms with Gasteiger partial charge in [-0.1, -0.05) is 13.8 Å². The number of carbonyl (C=O) groups excluding carboxylic acids is 1. The molecule has 0 heterocycles. The number of nitrogens with two attached hydrogens (primary N) is 1. The van der Waals surface area contributed by atoms with Crippen molar-refractivity contribution in [3.63, 3.8) is 0 Å². The normalized spacial score (nSPS) is 12.3. The first kappa shape index (κ1) is 16.2. The van der Waals surface area contributed by atoms with Gasteiger partial charge < -0.3 is 15.8 Å². The van der Waals surface area contributed by atoms with Crippen molar-refractivity contribution in [2.24, 2.45) is 11.7 Å². The van der Waals surface area contributed by atoms with Crippen molar-refractivity contribution in [2.45, 2.75) is 26.3 Å². The van der Waals surface area contributed by atoms with E-state index in [2.05, 4.69) is 41.8 Å². The smallest absolute Gasteiger partial charge is 0.252 e. The molecule has 1 aromatic carbocycles. The maximum absolute atomic E-state index is 12.2. The minimum atomic E-state index is -0.0804. The number of amides is 1. The molecule has 1 aromatic rings. The van der Waals surface area contributed by atoms with Crippen LogP contribution in [0, 0.1) is 9.49 Å². The molecule has 0 radical (unpaired) electrons. The van der Waals surface area contributed by atoms with E-state index < -0.39 is 0 Å². The van der Waals surface area contributed by atoms with Crippen LogP contribution in [0.5, 0.6) is 5.75 Å². The minimum Gasteiger partial charge on any atom is -0.497 e. The zero-order chi connectivity index (χ0) is 14.4. The van der Waals surface area contributed by atoms with Gasteiger partial charge in [-0.15, -0.1) is 0 Å². The van der Waals surface area contributed by atoms with Gasteiger partial charge in [0.1, 0.15) is 5.75 Å². The Morgan fingerprint density at radius 1 is 1.47 bits per heavy atom. The van der Waals surface area contributed by atoms with Crippen molar-refractivity contribution in [3.05, 3.63) is 27.3 Å². The fourth-order valence-electron chi connectivity index (χ4n) is 1.85. The van der Waals surface area contributed by atoms with Gasteiger partial charge in [-0.2, -0.15) is 0 Å². The molecule has 1 amide bonds. The molecule has 0 saturated heterocycles. The Bertz CT molecular complexity index is 435. The Morgan fingerprint density at radius 3 is 2.63 bits per heavy atom. The van der Waals surface area contributed by atoms with Gasteiger partial charge in [0.25, 0.3) is 5.91 Å². The average molecular weight is 376 g/mol. The van der Waals surface area contributed by atoms with Crippen LogP contribution in [0.2, 0.25) is 0 Å². The lowest BCUT2D eigenvalue weighted by Gasteiger charge is -2.19. The number of nitrogens with one attached hydrogen (secondary N) is 1. The van der Waals surface area contributed by atoms with Crippen molar-refractivity contribution in [1.29, 1.82) is 0 Å². The van der Waals surface area contributed by atoms with Gasteiger partial charge in [0.05, 0.1) is 12.7 Å². The Balaban J connectivity index is 2.77. The molecule has 1 rings (SSSR count). The lowest BCUT2D eigenvalue weighted by Crippen LogP contribution is -2.41. The van der Waals surface area contributed by atoms with Crippen LogP contribution in [0.15, 0.2) is 18.2 Å². The number of hydrogen-bond acceptors (Lipinski definition) is 3. The lowest BCUT2D eigenvalue weighted by atomic mass is 10.0. The number of hydrogen-bond donors (Lipinski definition) is 2. The maximum Gasteiger partial charge on any atom is 0.252 e. The van der Waals surface area contributed by atoms with E-state index in [0.717, 1.165) is 15.7 Å². The lowest BCUT2D eigenvalue weighted by molar-refractivity contribution is 0.0933. The van der Waals surface area contributed by atoms with Crippen LogP contribution in [0.25, 0.3) is 0 Å². The number of carbonyl (C=O) groups is 1. The first-order valence-corrected chi connectivity index (χ1v) is 7.40. The van der Waals surface area contributed by atoms with Crippen molar-refractivity contribution < 1.29 is 9.53 Å². The monoisotopic (exact) mass is 376 g/mol. The summed E-state index contributed by atoms with van der Waals surface area (Å²) in [6, 6.07) is 5.43. The highest BCUT2D eigenvalue weighted by atomic mass is 127. The zero-order valence-electron chi connectivity index (χ0n) is 11.6. The molecule has 0 fully saturated rings. The van der Waals surface area contributed by atoms with Crippen LogP contribution < -0.4 is 15.8 Å². The number of benzene rings is 1. The van der Waals surface area contributed by atoms with E-state index >= 15 is 0 Å². The Kier molecular flexibility index (Phi) is 6.57. The molecule has 4 nitrogen and oxygen atoms in total. The number of halogens is 1. The molecule has 0 aliphatic rings. The third-order valence-electron chi connectivity index (χ3n) is 2.80. The first-order chi connectivity index (χ1) is 8.97. The molecule has 0 aromatic heterocycles.